The number of carbonyl (C=O) groups is 1. The molecule has 0 atom stereocenters. The van der Waals surface area contributed by atoms with Crippen molar-refractivity contribution in [2.24, 2.45) is 0 Å². The third kappa shape index (κ3) is 3.12. The summed E-state index contributed by atoms with van der Waals surface area (Å²) < 4.78 is 14.0. The van der Waals surface area contributed by atoms with E-state index in [4.69, 9.17) is 0 Å². The van der Waals surface area contributed by atoms with Crippen LogP contribution in [0.2, 0.25) is 0 Å². The molecule has 0 fully saturated rings. The van der Waals surface area contributed by atoms with Gasteiger partial charge in [-0.05, 0) is 31.2 Å². The summed E-state index contributed by atoms with van der Waals surface area (Å²) in [5.74, 6) is -0.751. The van der Waals surface area contributed by atoms with Crippen LogP contribution in [0.25, 0.3) is 10.7 Å². The lowest BCUT2D eigenvalue weighted by Gasteiger charge is -2.20. The van der Waals surface area contributed by atoms with Crippen molar-refractivity contribution in [2.45, 2.75) is 6.92 Å². The maximum Gasteiger partial charge on any atom is 0.277 e. The molecule has 23 heavy (non-hydrogen) atoms. The second-order valence-electron chi connectivity index (χ2n) is 4.75. The molecule has 2 aromatic heterocycles. The van der Waals surface area contributed by atoms with E-state index >= 15 is 0 Å². The number of para-hydroxylation sites is 1. The third-order valence-corrected chi connectivity index (χ3v) is 4.18. The lowest BCUT2D eigenvalue weighted by molar-refractivity contribution is 0.0983. The topological polar surface area (TPSA) is 46.1 Å². The molecule has 116 valence electrons. The monoisotopic (exact) mass is 327 g/mol. The van der Waals surface area contributed by atoms with Crippen molar-refractivity contribution in [2.75, 3.05) is 11.4 Å². The van der Waals surface area contributed by atoms with Crippen molar-refractivity contribution >= 4 is 22.9 Å². The van der Waals surface area contributed by atoms with E-state index in [0.29, 0.717) is 22.9 Å². The number of hydrogen-bond donors (Lipinski definition) is 0. The first kappa shape index (κ1) is 15.3. The average Bonchev–Trinajstić information content (AvgIpc) is 3.08. The van der Waals surface area contributed by atoms with Crippen LogP contribution in [0.1, 0.15) is 17.4 Å². The van der Waals surface area contributed by atoms with Gasteiger partial charge in [0.2, 0.25) is 0 Å². The van der Waals surface area contributed by atoms with Gasteiger partial charge in [-0.15, -0.1) is 11.3 Å². The van der Waals surface area contributed by atoms with Gasteiger partial charge in [0.15, 0.2) is 0 Å². The van der Waals surface area contributed by atoms with Gasteiger partial charge in [0.25, 0.3) is 5.91 Å². The number of thiazole rings is 1. The average molecular weight is 327 g/mol. The minimum atomic E-state index is -0.428. The van der Waals surface area contributed by atoms with Crippen LogP contribution in [-0.4, -0.2) is 22.4 Å². The molecule has 3 rings (SSSR count). The molecular weight excluding hydrogens is 313 g/mol. The van der Waals surface area contributed by atoms with Crippen molar-refractivity contribution in [3.8, 4) is 10.7 Å². The standard InChI is InChI=1S/C17H14FN3OS/c1-2-21(15-9-4-3-7-12(15)18)17(22)14-11-23-16(20-14)13-8-5-6-10-19-13/h3-11H,2H2,1H3. The van der Waals surface area contributed by atoms with Crippen molar-refractivity contribution in [1.82, 2.24) is 9.97 Å². The zero-order valence-corrected chi connectivity index (χ0v) is 13.3. The molecule has 0 saturated heterocycles. The van der Waals surface area contributed by atoms with E-state index < -0.39 is 5.82 Å². The van der Waals surface area contributed by atoms with Gasteiger partial charge >= 0.3 is 0 Å². The molecule has 0 spiro atoms. The van der Waals surface area contributed by atoms with Crippen molar-refractivity contribution in [3.63, 3.8) is 0 Å². The van der Waals surface area contributed by atoms with Crippen molar-refractivity contribution < 1.29 is 9.18 Å². The largest absolute Gasteiger partial charge is 0.304 e. The highest BCUT2D eigenvalue weighted by Crippen LogP contribution is 2.25. The Morgan fingerprint density at radius 3 is 2.70 bits per heavy atom. The van der Waals surface area contributed by atoms with Crippen LogP contribution in [0.5, 0.6) is 0 Å². The summed E-state index contributed by atoms with van der Waals surface area (Å²) in [5.41, 5.74) is 1.26. The quantitative estimate of drug-likeness (QED) is 0.727. The number of halogens is 1. The molecule has 0 saturated carbocycles. The number of nitrogens with zero attached hydrogens (tertiary/aromatic N) is 3. The first-order valence-corrected chi connectivity index (χ1v) is 8.02. The van der Waals surface area contributed by atoms with Gasteiger partial charge in [0, 0.05) is 18.1 Å². The fourth-order valence-corrected chi connectivity index (χ4v) is 2.98. The molecule has 3 aromatic rings. The predicted molar refractivity (Wildman–Crippen MR) is 89.1 cm³/mol. The molecule has 0 unspecified atom stereocenters. The van der Waals surface area contributed by atoms with Crippen LogP contribution < -0.4 is 4.90 Å². The van der Waals surface area contributed by atoms with Crippen molar-refractivity contribution in [3.05, 3.63) is 65.6 Å². The minimum Gasteiger partial charge on any atom is -0.304 e. The van der Waals surface area contributed by atoms with E-state index in [-0.39, 0.29) is 11.6 Å². The molecule has 1 aromatic carbocycles. The Balaban J connectivity index is 1.91. The second-order valence-corrected chi connectivity index (χ2v) is 5.61. The summed E-state index contributed by atoms with van der Waals surface area (Å²) in [4.78, 5) is 22.6. The number of hydrogen-bond acceptors (Lipinski definition) is 4. The van der Waals surface area contributed by atoms with Gasteiger partial charge in [0.05, 0.1) is 11.4 Å². The van der Waals surface area contributed by atoms with Gasteiger partial charge in [-0.25, -0.2) is 9.37 Å². The Morgan fingerprint density at radius 2 is 2.00 bits per heavy atom. The SMILES string of the molecule is CCN(C(=O)c1csc(-c2ccccn2)n1)c1ccccc1F. The molecule has 6 heteroatoms. The molecule has 0 aliphatic carbocycles. The molecule has 0 bridgehead atoms. The molecular formula is C17H14FN3OS. The van der Waals surface area contributed by atoms with Crippen LogP contribution in [0, 0.1) is 5.82 Å². The maximum atomic E-state index is 14.0. The van der Waals surface area contributed by atoms with Gasteiger partial charge < -0.3 is 4.90 Å². The Labute approximate surface area is 137 Å². The number of amides is 1. The first-order valence-electron chi connectivity index (χ1n) is 7.14. The van der Waals surface area contributed by atoms with Gasteiger partial charge in [-0.1, -0.05) is 18.2 Å². The van der Waals surface area contributed by atoms with Crippen molar-refractivity contribution in [1.29, 1.82) is 0 Å². The van der Waals surface area contributed by atoms with Crippen LogP contribution in [0.4, 0.5) is 10.1 Å². The number of pyridine rings is 1. The highest BCUT2D eigenvalue weighted by atomic mass is 32.1. The van der Waals surface area contributed by atoms with E-state index in [1.807, 2.05) is 18.2 Å². The maximum absolute atomic E-state index is 14.0. The summed E-state index contributed by atoms with van der Waals surface area (Å²) in [6.45, 7) is 2.16. The molecule has 0 aliphatic heterocycles. The molecule has 2 heterocycles. The van der Waals surface area contributed by atoms with E-state index in [1.165, 1.54) is 22.3 Å². The minimum absolute atomic E-state index is 0.257. The van der Waals surface area contributed by atoms with Crippen LogP contribution in [-0.2, 0) is 0 Å². The predicted octanol–water partition coefficient (Wildman–Crippen LogP) is 4.01. The molecule has 0 aliphatic rings. The highest BCUT2D eigenvalue weighted by molar-refractivity contribution is 7.13. The first-order chi connectivity index (χ1) is 11.2. The lowest BCUT2D eigenvalue weighted by atomic mass is 10.2. The van der Waals surface area contributed by atoms with E-state index in [9.17, 15) is 9.18 Å². The number of aromatic nitrogens is 2. The van der Waals surface area contributed by atoms with E-state index in [0.717, 1.165) is 0 Å². The van der Waals surface area contributed by atoms with E-state index in [2.05, 4.69) is 9.97 Å². The fraction of sp³-hybridized carbons (Fsp3) is 0.118. The zero-order chi connectivity index (χ0) is 16.2. The smallest absolute Gasteiger partial charge is 0.277 e. The second kappa shape index (κ2) is 6.66. The zero-order valence-electron chi connectivity index (χ0n) is 12.4. The Bertz CT molecular complexity index is 819. The summed E-state index contributed by atoms with van der Waals surface area (Å²) in [6, 6.07) is 11.7. The van der Waals surface area contributed by atoms with Gasteiger partial charge in [-0.3, -0.25) is 9.78 Å². The summed E-state index contributed by atoms with van der Waals surface area (Å²) in [5, 5.41) is 2.34. The Morgan fingerprint density at radius 1 is 1.22 bits per heavy atom. The van der Waals surface area contributed by atoms with Crippen LogP contribution >= 0.6 is 11.3 Å². The fourth-order valence-electron chi connectivity index (χ4n) is 2.21. The molecule has 1 amide bonds. The highest BCUT2D eigenvalue weighted by Gasteiger charge is 2.21. The summed E-state index contributed by atoms with van der Waals surface area (Å²) >= 11 is 1.34. The summed E-state index contributed by atoms with van der Waals surface area (Å²) in [7, 11) is 0. The Hall–Kier alpha value is -2.60. The summed E-state index contributed by atoms with van der Waals surface area (Å²) in [6.07, 6.45) is 1.68. The normalized spacial score (nSPS) is 10.5. The third-order valence-electron chi connectivity index (χ3n) is 3.31. The van der Waals surface area contributed by atoms with Gasteiger partial charge in [-0.2, -0.15) is 0 Å². The number of benzene rings is 1. The van der Waals surface area contributed by atoms with Crippen LogP contribution in [0.3, 0.4) is 0 Å². The number of carbonyl (C=O) groups excluding carboxylic acids is 1. The van der Waals surface area contributed by atoms with E-state index in [1.54, 1.807) is 36.7 Å². The number of anilines is 1. The lowest BCUT2D eigenvalue weighted by Crippen LogP contribution is -2.31. The molecule has 0 N–H and O–H groups in total. The number of rotatable bonds is 4. The van der Waals surface area contributed by atoms with Crippen LogP contribution in [0.15, 0.2) is 54.0 Å². The Kier molecular flexibility index (Phi) is 4.43. The molecule has 0 radical (unpaired) electrons. The van der Waals surface area contributed by atoms with Gasteiger partial charge in [0.1, 0.15) is 16.5 Å². The molecule has 4 nitrogen and oxygen atoms in total.